The van der Waals surface area contributed by atoms with E-state index >= 15 is 0 Å². The van der Waals surface area contributed by atoms with Gasteiger partial charge in [0, 0.05) is 35.3 Å². The van der Waals surface area contributed by atoms with Crippen molar-refractivity contribution in [1.82, 2.24) is 15.3 Å². The molecule has 210 valence electrons. The molecule has 0 radical (unpaired) electrons. The number of H-pyrrole nitrogens is 1. The van der Waals surface area contributed by atoms with Crippen LogP contribution in [-0.4, -0.2) is 34.3 Å². The summed E-state index contributed by atoms with van der Waals surface area (Å²) in [4.78, 5) is 48.4. The number of ether oxygens (including phenoxy) is 1. The predicted molar refractivity (Wildman–Crippen MR) is 160 cm³/mol. The fourth-order valence-corrected chi connectivity index (χ4v) is 5.05. The number of rotatable bonds is 8. The predicted octanol–water partition coefficient (Wildman–Crippen LogP) is 5.63. The number of amides is 2. The summed E-state index contributed by atoms with van der Waals surface area (Å²) in [6.45, 7) is 1.83. The molecule has 9 heteroatoms. The lowest BCUT2D eigenvalue weighted by molar-refractivity contribution is -0.147. The standard InChI is InChI=1S/C33H29N5O4/c1-2-30(40)42-31-23-9-3-4-10-24(23)32(41)38(28-14-8-5-11-25(28)31)20-29(39)34-19-21-15-17-22(18-16-21)35-33-36-26-12-6-7-13-27(26)37-33/h3-18,31H,2,19-20H2,1H3,(H,34,39)(H2,35,36,37). The maximum Gasteiger partial charge on any atom is 0.306 e. The first kappa shape index (κ1) is 26.8. The van der Waals surface area contributed by atoms with Crippen LogP contribution in [0, 0.1) is 0 Å². The van der Waals surface area contributed by atoms with E-state index in [1.54, 1.807) is 43.3 Å². The third-order valence-corrected chi connectivity index (χ3v) is 7.16. The van der Waals surface area contributed by atoms with Gasteiger partial charge < -0.3 is 20.4 Å². The number of para-hydroxylation sites is 3. The zero-order chi connectivity index (χ0) is 29.1. The van der Waals surface area contributed by atoms with Crippen LogP contribution in [-0.2, 0) is 20.9 Å². The van der Waals surface area contributed by atoms with E-state index in [4.69, 9.17) is 4.74 Å². The number of anilines is 3. The van der Waals surface area contributed by atoms with Gasteiger partial charge in [-0.2, -0.15) is 0 Å². The number of nitrogens with one attached hydrogen (secondary N) is 3. The largest absolute Gasteiger partial charge is 0.452 e. The zero-order valence-corrected chi connectivity index (χ0v) is 23.0. The molecular weight excluding hydrogens is 530 g/mol. The van der Waals surface area contributed by atoms with Crippen molar-refractivity contribution < 1.29 is 19.1 Å². The molecule has 0 aliphatic carbocycles. The van der Waals surface area contributed by atoms with Gasteiger partial charge in [0.05, 0.1) is 16.7 Å². The molecule has 1 aliphatic rings. The first-order valence-electron chi connectivity index (χ1n) is 13.8. The van der Waals surface area contributed by atoms with E-state index in [9.17, 15) is 14.4 Å². The Bertz CT molecular complexity index is 1750. The van der Waals surface area contributed by atoms with Crippen LogP contribution in [0.3, 0.4) is 0 Å². The lowest BCUT2D eigenvalue weighted by atomic mass is 9.97. The van der Waals surface area contributed by atoms with Gasteiger partial charge in [0.1, 0.15) is 6.54 Å². The summed E-state index contributed by atoms with van der Waals surface area (Å²) in [6, 6.07) is 29.7. The topological polar surface area (TPSA) is 116 Å². The first-order valence-corrected chi connectivity index (χ1v) is 13.8. The summed E-state index contributed by atoms with van der Waals surface area (Å²) in [5.74, 6) is -0.372. The average Bonchev–Trinajstić information content (AvgIpc) is 3.40. The molecule has 0 saturated heterocycles. The lowest BCUT2D eigenvalue weighted by Gasteiger charge is -2.24. The number of aromatic nitrogens is 2. The fourth-order valence-electron chi connectivity index (χ4n) is 5.05. The Balaban J connectivity index is 1.16. The van der Waals surface area contributed by atoms with Crippen molar-refractivity contribution in [3.8, 4) is 0 Å². The average molecular weight is 560 g/mol. The van der Waals surface area contributed by atoms with Crippen molar-refractivity contribution in [2.24, 2.45) is 0 Å². The molecule has 42 heavy (non-hydrogen) atoms. The van der Waals surface area contributed by atoms with E-state index in [2.05, 4.69) is 20.6 Å². The fraction of sp³-hybridized carbons (Fsp3) is 0.152. The van der Waals surface area contributed by atoms with Gasteiger partial charge >= 0.3 is 5.97 Å². The molecule has 3 N–H and O–H groups in total. The molecule has 0 fully saturated rings. The first-order chi connectivity index (χ1) is 20.5. The van der Waals surface area contributed by atoms with Gasteiger partial charge in [0.15, 0.2) is 6.10 Å². The second kappa shape index (κ2) is 11.6. The Morgan fingerprint density at radius 1 is 0.905 bits per heavy atom. The van der Waals surface area contributed by atoms with E-state index < -0.39 is 6.10 Å². The Morgan fingerprint density at radius 3 is 2.40 bits per heavy atom. The van der Waals surface area contributed by atoms with E-state index in [1.165, 1.54) is 4.90 Å². The van der Waals surface area contributed by atoms with Crippen LogP contribution >= 0.6 is 0 Å². The Kier molecular flexibility index (Phi) is 7.38. The molecular formula is C33H29N5O4. The molecule has 4 aromatic carbocycles. The molecule has 0 saturated carbocycles. The minimum absolute atomic E-state index is 0.190. The van der Waals surface area contributed by atoms with E-state index in [0.717, 1.165) is 22.3 Å². The maximum absolute atomic E-state index is 13.7. The van der Waals surface area contributed by atoms with Crippen molar-refractivity contribution >= 4 is 46.1 Å². The van der Waals surface area contributed by atoms with Crippen LogP contribution in [0.2, 0.25) is 0 Å². The van der Waals surface area contributed by atoms with E-state index in [-0.39, 0.29) is 30.7 Å². The summed E-state index contributed by atoms with van der Waals surface area (Å²) >= 11 is 0. The van der Waals surface area contributed by atoms with Gasteiger partial charge in [-0.3, -0.25) is 19.3 Å². The molecule has 1 atom stereocenters. The van der Waals surface area contributed by atoms with Gasteiger partial charge in [-0.05, 0) is 42.0 Å². The number of fused-ring (bicyclic) bond motifs is 3. The monoisotopic (exact) mass is 559 g/mol. The SMILES string of the molecule is CCC(=O)OC1c2ccccc2C(=O)N(CC(=O)NCc2ccc(Nc3nc4ccccc4[nH]3)cc2)c2ccccc21. The van der Waals surface area contributed by atoms with Crippen molar-refractivity contribution in [2.75, 3.05) is 16.8 Å². The van der Waals surface area contributed by atoms with Crippen LogP contribution in [0.1, 0.15) is 46.5 Å². The number of nitrogens with zero attached hydrogens (tertiary/aromatic N) is 2. The molecule has 1 aromatic heterocycles. The number of benzene rings is 4. The maximum atomic E-state index is 13.7. The lowest BCUT2D eigenvalue weighted by Crippen LogP contribution is -2.40. The molecule has 1 unspecified atom stereocenters. The Morgan fingerprint density at radius 2 is 1.62 bits per heavy atom. The number of hydrogen-bond donors (Lipinski definition) is 3. The Labute approximate surface area is 242 Å². The smallest absolute Gasteiger partial charge is 0.306 e. The van der Waals surface area contributed by atoms with Crippen molar-refractivity contribution in [3.05, 3.63) is 119 Å². The molecule has 2 heterocycles. The Hall–Kier alpha value is -5.44. The summed E-state index contributed by atoms with van der Waals surface area (Å²) in [5.41, 5.74) is 5.75. The molecule has 1 aliphatic heterocycles. The van der Waals surface area contributed by atoms with Crippen molar-refractivity contribution in [3.63, 3.8) is 0 Å². The highest BCUT2D eigenvalue weighted by molar-refractivity contribution is 6.11. The normalized spacial score (nSPS) is 14.1. The summed E-state index contributed by atoms with van der Waals surface area (Å²) < 4.78 is 5.81. The number of carbonyl (C=O) groups is 3. The van der Waals surface area contributed by atoms with Gasteiger partial charge in [-0.25, -0.2) is 4.98 Å². The third kappa shape index (κ3) is 5.44. The highest BCUT2D eigenvalue weighted by Gasteiger charge is 2.34. The zero-order valence-electron chi connectivity index (χ0n) is 23.0. The second-order valence-electron chi connectivity index (χ2n) is 9.96. The number of imidazole rings is 1. The molecule has 6 rings (SSSR count). The highest BCUT2D eigenvalue weighted by atomic mass is 16.5. The number of carbonyl (C=O) groups excluding carboxylic acids is 3. The van der Waals surface area contributed by atoms with Gasteiger partial charge in [-0.15, -0.1) is 0 Å². The molecule has 0 bridgehead atoms. The minimum atomic E-state index is -0.756. The number of hydrogen-bond acceptors (Lipinski definition) is 6. The quantitative estimate of drug-likeness (QED) is 0.212. The van der Waals surface area contributed by atoms with Crippen LogP contribution < -0.4 is 15.5 Å². The van der Waals surface area contributed by atoms with E-state index in [1.807, 2.05) is 60.7 Å². The van der Waals surface area contributed by atoms with Crippen LogP contribution in [0.4, 0.5) is 17.3 Å². The van der Waals surface area contributed by atoms with E-state index in [0.29, 0.717) is 34.9 Å². The molecule has 9 nitrogen and oxygen atoms in total. The van der Waals surface area contributed by atoms with Crippen molar-refractivity contribution in [2.45, 2.75) is 26.0 Å². The summed E-state index contributed by atoms with van der Waals surface area (Å²) in [6.07, 6.45) is -0.550. The number of esters is 1. The van der Waals surface area contributed by atoms with Gasteiger partial charge in [-0.1, -0.05) is 67.6 Å². The van der Waals surface area contributed by atoms with Crippen LogP contribution in [0.25, 0.3) is 11.0 Å². The van der Waals surface area contributed by atoms with Gasteiger partial charge in [0.2, 0.25) is 11.9 Å². The minimum Gasteiger partial charge on any atom is -0.452 e. The summed E-state index contributed by atoms with van der Waals surface area (Å²) in [7, 11) is 0. The van der Waals surface area contributed by atoms with Crippen LogP contribution in [0.5, 0.6) is 0 Å². The number of aromatic amines is 1. The van der Waals surface area contributed by atoms with Gasteiger partial charge in [0.25, 0.3) is 5.91 Å². The highest BCUT2D eigenvalue weighted by Crippen LogP contribution is 2.39. The van der Waals surface area contributed by atoms with Crippen molar-refractivity contribution in [1.29, 1.82) is 0 Å². The molecule has 5 aromatic rings. The molecule has 0 spiro atoms. The summed E-state index contributed by atoms with van der Waals surface area (Å²) in [5, 5.41) is 6.18. The second-order valence-corrected chi connectivity index (χ2v) is 9.96. The van der Waals surface area contributed by atoms with Crippen LogP contribution in [0.15, 0.2) is 97.1 Å². The third-order valence-electron chi connectivity index (χ3n) is 7.16. The molecule has 2 amide bonds.